The maximum absolute atomic E-state index is 12.0. The van der Waals surface area contributed by atoms with Gasteiger partial charge in [0.15, 0.2) is 0 Å². The number of morpholine rings is 1. The number of benzene rings is 1. The monoisotopic (exact) mass is 300 g/mol. The lowest BCUT2D eigenvalue weighted by Gasteiger charge is -2.29. The number of hydrogen-bond donors (Lipinski definition) is 1. The van der Waals surface area contributed by atoms with E-state index in [2.05, 4.69) is 21.9 Å². The van der Waals surface area contributed by atoms with E-state index in [9.17, 15) is 8.78 Å². The van der Waals surface area contributed by atoms with Crippen molar-refractivity contribution in [2.24, 2.45) is 0 Å². The van der Waals surface area contributed by atoms with Gasteiger partial charge in [0, 0.05) is 32.2 Å². The van der Waals surface area contributed by atoms with Gasteiger partial charge in [-0.25, -0.2) is 0 Å². The van der Waals surface area contributed by atoms with Crippen molar-refractivity contribution in [1.82, 2.24) is 10.2 Å². The minimum Gasteiger partial charge on any atom is -0.435 e. The molecule has 1 aliphatic heterocycles. The fourth-order valence-electron chi connectivity index (χ4n) is 2.32. The lowest BCUT2D eigenvalue weighted by atomic mass is 10.2. The summed E-state index contributed by atoms with van der Waals surface area (Å²) in [5, 5.41) is 3.43. The molecule has 1 fully saturated rings. The average Bonchev–Trinajstić information content (AvgIpc) is 2.47. The third kappa shape index (κ3) is 5.95. The van der Waals surface area contributed by atoms with E-state index in [1.807, 2.05) is 0 Å². The maximum atomic E-state index is 12.0. The van der Waals surface area contributed by atoms with Gasteiger partial charge in [-0.05, 0) is 24.6 Å². The van der Waals surface area contributed by atoms with Crippen molar-refractivity contribution in [3.05, 3.63) is 29.8 Å². The Balaban J connectivity index is 1.71. The van der Waals surface area contributed by atoms with Crippen molar-refractivity contribution in [2.75, 3.05) is 32.8 Å². The molecule has 0 aromatic heterocycles. The SMILES string of the molecule is CC(CN1CCOCC1)NCc1ccc(OC(F)F)cc1. The van der Waals surface area contributed by atoms with Crippen molar-refractivity contribution in [2.45, 2.75) is 26.1 Å². The van der Waals surface area contributed by atoms with Crippen LogP contribution in [0.3, 0.4) is 0 Å². The van der Waals surface area contributed by atoms with Crippen LogP contribution in [0.1, 0.15) is 12.5 Å². The molecule has 21 heavy (non-hydrogen) atoms. The van der Waals surface area contributed by atoms with Gasteiger partial charge in [0.2, 0.25) is 0 Å². The topological polar surface area (TPSA) is 33.7 Å². The number of ether oxygens (including phenoxy) is 2. The molecule has 0 spiro atoms. The highest BCUT2D eigenvalue weighted by Gasteiger charge is 2.13. The zero-order valence-corrected chi connectivity index (χ0v) is 12.2. The predicted octanol–water partition coefficient (Wildman–Crippen LogP) is 2.10. The Kier molecular flexibility index (Phi) is 6.35. The number of rotatable bonds is 7. The van der Waals surface area contributed by atoms with Crippen LogP contribution in [0.15, 0.2) is 24.3 Å². The smallest absolute Gasteiger partial charge is 0.387 e. The number of hydrogen-bond acceptors (Lipinski definition) is 4. The fourth-order valence-corrected chi connectivity index (χ4v) is 2.32. The highest BCUT2D eigenvalue weighted by Crippen LogP contribution is 2.14. The Morgan fingerprint density at radius 1 is 1.24 bits per heavy atom. The summed E-state index contributed by atoms with van der Waals surface area (Å²) in [6.07, 6.45) is 0. The van der Waals surface area contributed by atoms with Crippen LogP contribution in [0.4, 0.5) is 8.78 Å². The van der Waals surface area contributed by atoms with Crippen LogP contribution in [0, 0.1) is 0 Å². The summed E-state index contributed by atoms with van der Waals surface area (Å²) >= 11 is 0. The summed E-state index contributed by atoms with van der Waals surface area (Å²) in [6.45, 7) is 4.62. The van der Waals surface area contributed by atoms with Gasteiger partial charge in [-0.1, -0.05) is 12.1 Å². The number of alkyl halides is 2. The molecule has 1 aromatic rings. The lowest BCUT2D eigenvalue weighted by molar-refractivity contribution is -0.0498. The quantitative estimate of drug-likeness (QED) is 0.836. The zero-order chi connectivity index (χ0) is 15.1. The molecule has 6 heteroatoms. The molecule has 1 heterocycles. The van der Waals surface area contributed by atoms with Gasteiger partial charge in [-0.15, -0.1) is 0 Å². The Morgan fingerprint density at radius 3 is 2.52 bits per heavy atom. The van der Waals surface area contributed by atoms with E-state index in [1.54, 1.807) is 24.3 Å². The summed E-state index contributed by atoms with van der Waals surface area (Å²) in [5.41, 5.74) is 1.05. The molecule has 1 saturated heterocycles. The Morgan fingerprint density at radius 2 is 1.90 bits per heavy atom. The van der Waals surface area contributed by atoms with Gasteiger partial charge in [0.05, 0.1) is 13.2 Å². The molecule has 0 amide bonds. The highest BCUT2D eigenvalue weighted by molar-refractivity contribution is 5.27. The molecular weight excluding hydrogens is 278 g/mol. The molecule has 0 aliphatic carbocycles. The molecule has 1 unspecified atom stereocenters. The van der Waals surface area contributed by atoms with Crippen LogP contribution in [-0.2, 0) is 11.3 Å². The number of nitrogens with zero attached hydrogens (tertiary/aromatic N) is 1. The summed E-state index contributed by atoms with van der Waals surface area (Å²) in [4.78, 5) is 2.38. The van der Waals surface area contributed by atoms with Crippen LogP contribution >= 0.6 is 0 Å². The van der Waals surface area contributed by atoms with Crippen LogP contribution in [0.2, 0.25) is 0 Å². The molecular formula is C15H22F2N2O2. The summed E-state index contributed by atoms with van der Waals surface area (Å²) < 4.78 is 33.7. The molecule has 0 saturated carbocycles. The standard InChI is InChI=1S/C15H22F2N2O2/c1-12(11-19-6-8-20-9-7-19)18-10-13-2-4-14(5-3-13)21-15(16)17/h2-5,12,15,18H,6-11H2,1H3. The van der Waals surface area contributed by atoms with E-state index < -0.39 is 6.61 Å². The first-order valence-electron chi connectivity index (χ1n) is 7.21. The van der Waals surface area contributed by atoms with Gasteiger partial charge in [-0.3, -0.25) is 4.90 Å². The van der Waals surface area contributed by atoms with Crippen molar-refractivity contribution in [3.63, 3.8) is 0 Å². The molecule has 0 radical (unpaired) electrons. The Labute approximate surface area is 124 Å². The maximum Gasteiger partial charge on any atom is 0.387 e. The molecule has 118 valence electrons. The van der Waals surface area contributed by atoms with Crippen LogP contribution < -0.4 is 10.1 Å². The van der Waals surface area contributed by atoms with Crippen molar-refractivity contribution < 1.29 is 18.3 Å². The summed E-state index contributed by atoms with van der Waals surface area (Å²) in [7, 11) is 0. The van der Waals surface area contributed by atoms with Crippen LogP contribution in [0.5, 0.6) is 5.75 Å². The molecule has 0 bridgehead atoms. The largest absolute Gasteiger partial charge is 0.435 e. The molecule has 2 rings (SSSR count). The Bertz CT molecular complexity index is 409. The highest BCUT2D eigenvalue weighted by atomic mass is 19.3. The summed E-state index contributed by atoms with van der Waals surface area (Å²) in [5.74, 6) is 0.190. The molecule has 1 N–H and O–H groups in total. The molecule has 1 aromatic carbocycles. The lowest BCUT2D eigenvalue weighted by Crippen LogP contribution is -2.44. The minimum absolute atomic E-state index is 0.190. The first-order valence-corrected chi connectivity index (χ1v) is 7.21. The first kappa shape index (κ1) is 16.1. The van der Waals surface area contributed by atoms with Gasteiger partial charge in [0.25, 0.3) is 0 Å². The van der Waals surface area contributed by atoms with E-state index in [-0.39, 0.29) is 5.75 Å². The number of halogens is 2. The van der Waals surface area contributed by atoms with Gasteiger partial charge in [0.1, 0.15) is 5.75 Å². The minimum atomic E-state index is -2.78. The van der Waals surface area contributed by atoms with Gasteiger partial charge < -0.3 is 14.8 Å². The van der Waals surface area contributed by atoms with E-state index in [0.29, 0.717) is 12.6 Å². The van der Waals surface area contributed by atoms with Crippen molar-refractivity contribution in [1.29, 1.82) is 0 Å². The first-order chi connectivity index (χ1) is 10.1. The Hall–Kier alpha value is -1.24. The molecule has 1 atom stereocenters. The van der Waals surface area contributed by atoms with Crippen molar-refractivity contribution >= 4 is 0 Å². The van der Waals surface area contributed by atoms with E-state index in [0.717, 1.165) is 38.4 Å². The van der Waals surface area contributed by atoms with E-state index >= 15 is 0 Å². The third-order valence-corrected chi connectivity index (χ3v) is 3.44. The summed E-state index contributed by atoms with van der Waals surface area (Å²) in [6, 6.07) is 7.09. The van der Waals surface area contributed by atoms with E-state index in [4.69, 9.17) is 4.74 Å². The van der Waals surface area contributed by atoms with Crippen molar-refractivity contribution in [3.8, 4) is 5.75 Å². The second kappa shape index (κ2) is 8.26. The normalized spacial score (nSPS) is 17.9. The predicted molar refractivity (Wildman–Crippen MR) is 76.6 cm³/mol. The van der Waals surface area contributed by atoms with Gasteiger partial charge >= 0.3 is 6.61 Å². The van der Waals surface area contributed by atoms with Gasteiger partial charge in [-0.2, -0.15) is 8.78 Å². The zero-order valence-electron chi connectivity index (χ0n) is 12.2. The molecule has 1 aliphatic rings. The number of nitrogens with one attached hydrogen (secondary N) is 1. The second-order valence-electron chi connectivity index (χ2n) is 5.22. The molecule has 4 nitrogen and oxygen atoms in total. The van der Waals surface area contributed by atoms with Crippen LogP contribution in [0.25, 0.3) is 0 Å². The van der Waals surface area contributed by atoms with E-state index in [1.165, 1.54) is 0 Å². The second-order valence-corrected chi connectivity index (χ2v) is 5.22. The third-order valence-electron chi connectivity index (χ3n) is 3.44. The van der Waals surface area contributed by atoms with Crippen LogP contribution in [-0.4, -0.2) is 50.4 Å². The fraction of sp³-hybridized carbons (Fsp3) is 0.600. The average molecular weight is 300 g/mol.